The predicted octanol–water partition coefficient (Wildman–Crippen LogP) is -5.57. The second-order valence-electron chi connectivity index (χ2n) is 13.0. The van der Waals surface area contributed by atoms with Gasteiger partial charge in [-0.15, -0.1) is 0 Å². The van der Waals surface area contributed by atoms with Crippen LogP contribution in [-0.4, -0.2) is 153 Å². The Morgan fingerprint density at radius 3 is 0.180 bits per heavy atom. The van der Waals surface area contributed by atoms with Crippen molar-refractivity contribution in [2.75, 3.05) is 131 Å². The minimum Gasteiger partial charge on any atom is -1.00 e. The van der Waals surface area contributed by atoms with Gasteiger partial charge >= 0.3 is 0 Å². The second kappa shape index (κ2) is 44.6. The number of nitrogens with zero attached hydrogens (tertiary/aromatic N) is 5. The van der Waals surface area contributed by atoms with Crippen LogP contribution in [0.15, 0.2) is 0 Å². The molecule has 0 aromatic heterocycles. The number of hydrogen-bond donors (Lipinski definition) is 0. The molecule has 0 unspecified atom stereocenters. The summed E-state index contributed by atoms with van der Waals surface area (Å²) in [5, 5.41) is 0. The van der Waals surface area contributed by atoms with Crippen LogP contribution in [0.4, 0.5) is 0 Å². The quantitative estimate of drug-likeness (QED) is 0.0864. The average Bonchev–Trinajstić information content (AvgIpc) is 3.12. The Bertz CT molecular complexity index is 377. The largest absolute Gasteiger partial charge is 1.00 e. The van der Waals surface area contributed by atoms with Gasteiger partial charge in [-0.3, -0.25) is 0 Å². The molecule has 0 spiro atoms. The Morgan fingerprint density at radius 1 is 0.140 bits per heavy atom. The van der Waals surface area contributed by atoms with E-state index in [9.17, 15) is 0 Å². The van der Waals surface area contributed by atoms with Crippen molar-refractivity contribution >= 4 is 0 Å². The molecule has 0 fully saturated rings. The lowest BCUT2D eigenvalue weighted by molar-refractivity contribution is -0.921. The highest BCUT2D eigenvalue weighted by Gasteiger charge is 2.19. The van der Waals surface area contributed by atoms with Crippen LogP contribution in [-0.2, 0) is 0 Å². The molecule has 0 aromatic rings. The topological polar surface area (TPSA) is 0 Å². The van der Waals surface area contributed by atoms with E-state index in [0.717, 1.165) is 0 Å². The highest BCUT2D eigenvalue weighted by molar-refractivity contribution is 4.34. The van der Waals surface area contributed by atoms with E-state index < -0.39 is 0 Å². The standard InChI is InChI=1S/5C8H20N.5FH/c5*1-5-9(6-2,7-3)8-4;;;;;/h5*5-8H2,1-4H3;5*1H/q5*+1;;;;;/p-5. The van der Waals surface area contributed by atoms with Crippen molar-refractivity contribution in [2.24, 2.45) is 0 Å². The fraction of sp³-hybridized carbons (Fsp3) is 1.00. The summed E-state index contributed by atoms with van der Waals surface area (Å²) in [7, 11) is 0. The minimum atomic E-state index is 0. The smallest absolute Gasteiger partial charge is 0.0757 e. The molecule has 0 aliphatic heterocycles. The number of quaternary nitrogens is 5. The Balaban J connectivity index is -0.0000000488. The molecule has 0 rings (SSSR count). The first kappa shape index (κ1) is 74.6. The lowest BCUT2D eigenvalue weighted by Crippen LogP contribution is -3.00. The molecule has 320 valence electrons. The van der Waals surface area contributed by atoms with Crippen LogP contribution in [0.2, 0.25) is 0 Å². The fourth-order valence-corrected chi connectivity index (χ4v) is 6.71. The Kier molecular flexibility index (Phi) is 66.5. The van der Waals surface area contributed by atoms with Crippen LogP contribution in [0, 0.1) is 0 Å². The maximum absolute atomic E-state index is 2.27. The van der Waals surface area contributed by atoms with E-state index in [4.69, 9.17) is 0 Å². The Hall–Kier alpha value is -0.550. The van der Waals surface area contributed by atoms with Crippen molar-refractivity contribution < 1.29 is 45.9 Å². The Labute approximate surface area is 314 Å². The number of hydrogen-bond acceptors (Lipinski definition) is 0. The van der Waals surface area contributed by atoms with Crippen LogP contribution in [0.25, 0.3) is 0 Å². The number of rotatable bonds is 20. The first-order valence-corrected chi connectivity index (χ1v) is 20.5. The predicted molar refractivity (Wildman–Crippen MR) is 212 cm³/mol. The van der Waals surface area contributed by atoms with Crippen LogP contribution >= 0.6 is 0 Å². The summed E-state index contributed by atoms with van der Waals surface area (Å²) in [5.74, 6) is 0. The first-order valence-electron chi connectivity index (χ1n) is 20.5. The van der Waals surface area contributed by atoms with Crippen molar-refractivity contribution in [1.29, 1.82) is 0 Å². The summed E-state index contributed by atoms with van der Waals surface area (Å²) in [6, 6.07) is 0. The fourth-order valence-electron chi connectivity index (χ4n) is 6.71. The van der Waals surface area contributed by atoms with E-state index in [1.54, 1.807) is 0 Å². The van der Waals surface area contributed by atoms with Gasteiger partial charge in [0.2, 0.25) is 0 Å². The summed E-state index contributed by atoms with van der Waals surface area (Å²) in [4.78, 5) is 0. The molecule has 0 aliphatic carbocycles. The summed E-state index contributed by atoms with van der Waals surface area (Å²) in [5.41, 5.74) is 0. The Morgan fingerprint density at radius 2 is 0.180 bits per heavy atom. The molecule has 5 nitrogen and oxygen atoms in total. The highest BCUT2D eigenvalue weighted by Crippen LogP contribution is 2.06. The molecule has 0 aliphatic rings. The molecule has 0 aromatic carbocycles. The van der Waals surface area contributed by atoms with Crippen molar-refractivity contribution in [3.8, 4) is 0 Å². The van der Waals surface area contributed by atoms with E-state index in [-0.39, 0.29) is 23.5 Å². The van der Waals surface area contributed by atoms with Crippen LogP contribution in [0.1, 0.15) is 138 Å². The first-order chi connectivity index (χ1) is 21.2. The second-order valence-corrected chi connectivity index (χ2v) is 13.0. The van der Waals surface area contributed by atoms with E-state index in [0.29, 0.717) is 0 Å². The third kappa shape index (κ3) is 29.0. The third-order valence-electron chi connectivity index (χ3n) is 13.4. The molecule has 0 N–H and O–H groups in total. The summed E-state index contributed by atoms with van der Waals surface area (Å²) < 4.78 is 6.39. The van der Waals surface area contributed by atoms with Gasteiger partial charge in [0.25, 0.3) is 0 Å². The van der Waals surface area contributed by atoms with Crippen LogP contribution in [0.5, 0.6) is 0 Å². The van der Waals surface area contributed by atoms with Crippen LogP contribution in [0.3, 0.4) is 0 Å². The van der Waals surface area contributed by atoms with E-state index in [1.165, 1.54) is 153 Å². The van der Waals surface area contributed by atoms with Crippen molar-refractivity contribution in [2.45, 2.75) is 138 Å². The van der Waals surface area contributed by atoms with E-state index in [1.807, 2.05) is 0 Å². The molecule has 0 saturated carbocycles. The van der Waals surface area contributed by atoms with Gasteiger partial charge in [-0.2, -0.15) is 0 Å². The van der Waals surface area contributed by atoms with E-state index >= 15 is 0 Å². The van der Waals surface area contributed by atoms with Gasteiger partial charge in [0, 0.05) is 0 Å². The SMILES string of the molecule is CC[N+](CC)(CC)CC.CC[N+](CC)(CC)CC.CC[N+](CC)(CC)CC.CC[N+](CC)(CC)CC.CC[N+](CC)(CC)CC.[F-].[F-].[F-].[F-].[F-]. The zero-order chi connectivity index (χ0) is 36.6. The molecule has 0 bridgehead atoms. The van der Waals surface area contributed by atoms with Crippen molar-refractivity contribution in [3.05, 3.63) is 0 Å². The lowest BCUT2D eigenvalue weighted by Gasteiger charge is -2.34. The van der Waals surface area contributed by atoms with Crippen molar-refractivity contribution in [1.82, 2.24) is 0 Å². The molecule has 0 atom stereocenters. The zero-order valence-corrected chi connectivity index (χ0v) is 38.3. The molecule has 10 heteroatoms. The normalized spacial score (nSPS) is 10.8. The highest BCUT2D eigenvalue weighted by atomic mass is 19.0. The van der Waals surface area contributed by atoms with Gasteiger partial charge in [0.15, 0.2) is 0 Å². The average molecular weight is 746 g/mol. The van der Waals surface area contributed by atoms with Gasteiger partial charge in [-0.1, -0.05) is 0 Å². The van der Waals surface area contributed by atoms with Gasteiger partial charge in [-0.25, -0.2) is 0 Å². The molecule has 0 saturated heterocycles. The monoisotopic (exact) mass is 746 g/mol. The molecule has 0 heterocycles. The summed E-state index contributed by atoms with van der Waals surface area (Å²) in [6.07, 6.45) is 0. The van der Waals surface area contributed by atoms with Gasteiger partial charge in [0.05, 0.1) is 131 Å². The molecular weight excluding hydrogens is 645 g/mol. The molecule has 0 radical (unpaired) electrons. The third-order valence-corrected chi connectivity index (χ3v) is 13.4. The summed E-state index contributed by atoms with van der Waals surface area (Å²) >= 11 is 0. The lowest BCUT2D eigenvalue weighted by atomic mass is 10.3. The number of halogens is 5. The summed E-state index contributed by atoms with van der Waals surface area (Å²) in [6.45, 7) is 71.1. The van der Waals surface area contributed by atoms with Crippen LogP contribution < -0.4 is 23.5 Å². The van der Waals surface area contributed by atoms with Gasteiger partial charge < -0.3 is 45.9 Å². The molecular formula is C40H100F5N5. The van der Waals surface area contributed by atoms with E-state index in [2.05, 4.69) is 138 Å². The van der Waals surface area contributed by atoms with Gasteiger partial charge in [-0.05, 0) is 138 Å². The minimum absolute atomic E-state index is 0. The van der Waals surface area contributed by atoms with Crippen molar-refractivity contribution in [3.63, 3.8) is 0 Å². The zero-order valence-electron chi connectivity index (χ0n) is 38.3. The molecule has 0 amide bonds. The molecule has 50 heavy (non-hydrogen) atoms. The van der Waals surface area contributed by atoms with Gasteiger partial charge in [0.1, 0.15) is 0 Å². The maximum atomic E-state index is 2.27. The maximum Gasteiger partial charge on any atom is 0.0757 e.